The molecular formula is C29H30N2O8. The number of phenols is 1. The Hall–Kier alpha value is -3.89. The molecule has 4 N–H and O–H groups in total. The summed E-state index contributed by atoms with van der Waals surface area (Å²) in [7, 11) is 3.10. The molecule has 3 aliphatic carbocycles. The number of ether oxygens (including phenoxy) is 1. The van der Waals surface area contributed by atoms with E-state index in [2.05, 4.69) is 0 Å². The zero-order valence-corrected chi connectivity index (χ0v) is 21.8. The van der Waals surface area contributed by atoms with Crippen molar-refractivity contribution < 1.29 is 38.9 Å². The first-order valence-electron chi connectivity index (χ1n) is 12.9. The summed E-state index contributed by atoms with van der Waals surface area (Å²) in [6.45, 7) is 2.38. The number of aliphatic hydroxyl groups is 1. The lowest BCUT2D eigenvalue weighted by molar-refractivity contribution is -0.181. The number of rotatable bonds is 5. The van der Waals surface area contributed by atoms with Gasteiger partial charge in [-0.2, -0.15) is 0 Å². The van der Waals surface area contributed by atoms with E-state index in [1.54, 1.807) is 32.3 Å². The van der Waals surface area contributed by atoms with Gasteiger partial charge in [-0.05, 0) is 74.7 Å². The van der Waals surface area contributed by atoms with Gasteiger partial charge in [-0.15, -0.1) is 0 Å². The van der Waals surface area contributed by atoms with Gasteiger partial charge in [0.25, 0.3) is 0 Å². The quantitative estimate of drug-likeness (QED) is 0.473. The number of fused-ring (bicyclic) bond motifs is 3. The summed E-state index contributed by atoms with van der Waals surface area (Å²) in [5.74, 6) is -9.92. The number of nitrogens with two attached hydrogens (primary N) is 1. The number of hydrogen-bond acceptors (Lipinski definition) is 9. The Kier molecular flexibility index (Phi) is 6.43. The first-order valence-corrected chi connectivity index (χ1v) is 12.9. The third-order valence-corrected chi connectivity index (χ3v) is 8.42. The third kappa shape index (κ3) is 3.81. The number of carbonyl (C=O) groups excluding carboxylic acids is 5. The standard InChI is InChI=1S/C29H30N2O8/c1-4-39-15-7-5-13(6-8-15)16-9-10-19(32)21-17(16)11-14-12-18-23(31(2)3)25(34)22(28(30)37)27(36)29(18,38)26(35)20(14)24(21)33/h5-10,14,18,20,22-23,32,38H,4,11-12H2,1-3H3,(H2,30,37)/t14-,18-,20?,22?,23+,29-/m1/s1. The van der Waals surface area contributed by atoms with Crippen LogP contribution in [0.4, 0.5) is 0 Å². The molecule has 5 rings (SSSR count). The molecule has 2 unspecified atom stereocenters. The average Bonchev–Trinajstić information content (AvgIpc) is 2.87. The van der Waals surface area contributed by atoms with Crippen molar-refractivity contribution in [1.29, 1.82) is 0 Å². The van der Waals surface area contributed by atoms with Crippen LogP contribution in [0.3, 0.4) is 0 Å². The number of aromatic hydroxyl groups is 1. The monoisotopic (exact) mass is 534 g/mol. The second-order valence-corrected chi connectivity index (χ2v) is 10.7. The van der Waals surface area contributed by atoms with E-state index in [0.717, 1.165) is 5.56 Å². The van der Waals surface area contributed by atoms with Gasteiger partial charge in [0.05, 0.1) is 24.1 Å². The molecule has 0 radical (unpaired) electrons. The Balaban J connectivity index is 1.62. The Morgan fingerprint density at radius 3 is 2.33 bits per heavy atom. The normalized spacial score (nSPS) is 30.0. The molecule has 1 amide bonds. The van der Waals surface area contributed by atoms with E-state index in [9.17, 15) is 34.2 Å². The number of Topliss-reactive ketones (excluding diaryl/α,β-unsaturated/α-hetero) is 4. The highest BCUT2D eigenvalue weighted by Gasteiger charge is 2.69. The van der Waals surface area contributed by atoms with Gasteiger partial charge in [-0.3, -0.25) is 28.9 Å². The lowest BCUT2D eigenvalue weighted by Gasteiger charge is -2.52. The molecule has 0 aromatic heterocycles. The first kappa shape index (κ1) is 26.7. The number of hydrogen-bond donors (Lipinski definition) is 3. The van der Waals surface area contributed by atoms with Gasteiger partial charge in [0.15, 0.2) is 34.7 Å². The van der Waals surface area contributed by atoms with Gasteiger partial charge in [0.2, 0.25) is 5.91 Å². The van der Waals surface area contributed by atoms with Gasteiger partial charge in [0.1, 0.15) is 11.5 Å². The Morgan fingerprint density at radius 1 is 1.08 bits per heavy atom. The predicted octanol–water partition coefficient (Wildman–Crippen LogP) is 0.933. The number of phenolic OH excluding ortho intramolecular Hbond substituents is 1. The maximum absolute atomic E-state index is 13.9. The van der Waals surface area contributed by atoms with Crippen LogP contribution in [0.5, 0.6) is 11.5 Å². The van der Waals surface area contributed by atoms with Crippen molar-refractivity contribution in [2.75, 3.05) is 20.7 Å². The van der Waals surface area contributed by atoms with Crippen LogP contribution in [-0.4, -0.2) is 76.5 Å². The molecule has 0 aliphatic heterocycles. The van der Waals surface area contributed by atoms with Gasteiger partial charge in [-0.1, -0.05) is 18.2 Å². The number of benzene rings is 2. The minimum absolute atomic E-state index is 0.00225. The highest BCUT2D eigenvalue weighted by atomic mass is 16.5. The largest absolute Gasteiger partial charge is 0.507 e. The molecule has 2 aromatic rings. The van der Waals surface area contributed by atoms with Crippen LogP contribution >= 0.6 is 0 Å². The number of ketones is 4. The van der Waals surface area contributed by atoms with Crippen LogP contribution in [0.2, 0.25) is 0 Å². The SMILES string of the molecule is CCOc1ccc(-c2ccc(O)c3c2C[C@@H]2C[C@@H]4[C@H](N(C)C)C(=O)C(C(N)=O)C(=O)[C@]4(O)C(=O)C2C3=O)cc1. The molecule has 2 saturated carbocycles. The van der Waals surface area contributed by atoms with Crippen LogP contribution in [0.1, 0.15) is 29.3 Å². The Bertz CT molecular complexity index is 1420. The zero-order valence-electron chi connectivity index (χ0n) is 21.8. The molecule has 3 aliphatic rings. The van der Waals surface area contributed by atoms with Crippen LogP contribution in [0.25, 0.3) is 11.1 Å². The van der Waals surface area contributed by atoms with Gasteiger partial charge in [-0.25, -0.2) is 0 Å². The van der Waals surface area contributed by atoms with E-state index in [1.165, 1.54) is 11.0 Å². The molecule has 0 saturated heterocycles. The van der Waals surface area contributed by atoms with Crippen LogP contribution in [0, 0.1) is 23.7 Å². The van der Waals surface area contributed by atoms with E-state index in [0.29, 0.717) is 23.5 Å². The number of nitrogens with zero attached hydrogens (tertiary/aromatic N) is 1. The van der Waals surface area contributed by atoms with Crippen LogP contribution in [0.15, 0.2) is 36.4 Å². The van der Waals surface area contributed by atoms with E-state index < -0.39 is 64.4 Å². The summed E-state index contributed by atoms with van der Waals surface area (Å²) < 4.78 is 5.51. The molecule has 2 aromatic carbocycles. The number of carbonyl (C=O) groups is 5. The molecule has 6 atom stereocenters. The van der Waals surface area contributed by atoms with Crippen LogP contribution < -0.4 is 10.5 Å². The second kappa shape index (κ2) is 9.39. The fourth-order valence-electron chi connectivity index (χ4n) is 6.77. The topological polar surface area (TPSA) is 164 Å². The number of primary amides is 1. The molecule has 0 bridgehead atoms. The average molecular weight is 535 g/mol. The minimum Gasteiger partial charge on any atom is -0.507 e. The summed E-state index contributed by atoms with van der Waals surface area (Å²) in [5, 5.41) is 22.4. The Morgan fingerprint density at radius 2 is 1.74 bits per heavy atom. The molecule has 0 spiro atoms. The molecule has 10 heteroatoms. The lowest BCUT2D eigenvalue weighted by atomic mass is 9.52. The maximum atomic E-state index is 13.9. The highest BCUT2D eigenvalue weighted by molar-refractivity contribution is 6.32. The van der Waals surface area contributed by atoms with Crippen LogP contribution in [-0.2, 0) is 25.6 Å². The lowest BCUT2D eigenvalue weighted by Crippen LogP contribution is -2.74. The summed E-state index contributed by atoms with van der Waals surface area (Å²) >= 11 is 0. The third-order valence-electron chi connectivity index (χ3n) is 8.42. The fraction of sp³-hybridized carbons (Fsp3) is 0.414. The van der Waals surface area contributed by atoms with E-state index in [1.807, 2.05) is 19.1 Å². The zero-order chi connectivity index (χ0) is 28.4. The van der Waals surface area contributed by atoms with Crippen molar-refractivity contribution in [3.63, 3.8) is 0 Å². The van der Waals surface area contributed by atoms with Crippen molar-refractivity contribution in [1.82, 2.24) is 4.90 Å². The van der Waals surface area contributed by atoms with E-state index in [4.69, 9.17) is 10.5 Å². The minimum atomic E-state index is -2.74. The predicted molar refractivity (Wildman–Crippen MR) is 138 cm³/mol. The fourth-order valence-corrected chi connectivity index (χ4v) is 6.77. The van der Waals surface area contributed by atoms with Crippen molar-refractivity contribution in [3.8, 4) is 22.6 Å². The van der Waals surface area contributed by atoms with Gasteiger partial charge in [0, 0.05) is 5.92 Å². The smallest absolute Gasteiger partial charge is 0.235 e. The van der Waals surface area contributed by atoms with Crippen molar-refractivity contribution in [3.05, 3.63) is 47.5 Å². The number of amides is 1. The van der Waals surface area contributed by atoms with Crippen molar-refractivity contribution in [2.45, 2.75) is 31.4 Å². The summed E-state index contributed by atoms with van der Waals surface area (Å²) in [5.41, 5.74) is 4.60. The maximum Gasteiger partial charge on any atom is 0.235 e. The van der Waals surface area contributed by atoms with Crippen molar-refractivity contribution in [2.24, 2.45) is 29.4 Å². The first-order chi connectivity index (χ1) is 18.4. The van der Waals surface area contributed by atoms with Gasteiger partial charge < -0.3 is 20.7 Å². The molecular weight excluding hydrogens is 504 g/mol. The summed E-state index contributed by atoms with van der Waals surface area (Å²) in [6.07, 6.45) is 0.199. The molecule has 0 heterocycles. The summed E-state index contributed by atoms with van der Waals surface area (Å²) in [4.78, 5) is 67.8. The summed E-state index contributed by atoms with van der Waals surface area (Å²) in [6, 6.07) is 9.21. The molecule has 10 nitrogen and oxygen atoms in total. The Labute approximate surface area is 224 Å². The van der Waals surface area contributed by atoms with E-state index >= 15 is 0 Å². The molecule has 39 heavy (non-hydrogen) atoms. The number of likely N-dealkylation sites (N-methyl/N-ethyl adjacent to an activating group) is 1. The molecule has 204 valence electrons. The van der Waals surface area contributed by atoms with Crippen molar-refractivity contribution >= 4 is 29.0 Å². The van der Waals surface area contributed by atoms with E-state index in [-0.39, 0.29) is 24.2 Å². The van der Waals surface area contributed by atoms with Gasteiger partial charge >= 0.3 is 0 Å². The molecule has 2 fully saturated rings. The second-order valence-electron chi connectivity index (χ2n) is 10.7. The highest BCUT2D eigenvalue weighted by Crippen LogP contribution is 2.51.